The molecule has 78 valence electrons. The summed E-state index contributed by atoms with van der Waals surface area (Å²) in [4.78, 5) is 10.4. The van der Waals surface area contributed by atoms with Crippen LogP contribution in [0.3, 0.4) is 0 Å². The Hall–Kier alpha value is -1.36. The molecule has 2 N–H and O–H groups in total. The van der Waals surface area contributed by atoms with Crippen molar-refractivity contribution < 1.29 is 4.74 Å². The van der Waals surface area contributed by atoms with Crippen molar-refractivity contribution >= 4 is 5.95 Å². The van der Waals surface area contributed by atoms with Crippen molar-refractivity contribution in [2.24, 2.45) is 5.73 Å². The highest BCUT2D eigenvalue weighted by molar-refractivity contribution is 5.31. The highest BCUT2D eigenvalue weighted by Crippen LogP contribution is 2.11. The fourth-order valence-corrected chi connectivity index (χ4v) is 1.15. The normalized spacial score (nSPS) is 9.93. The molecule has 1 aromatic rings. The first-order valence-electron chi connectivity index (χ1n) is 4.63. The molecule has 0 amide bonds. The molecular formula is C9H16N4O. The number of rotatable bonds is 5. The molecule has 0 bridgehead atoms. The molecule has 0 fully saturated rings. The van der Waals surface area contributed by atoms with Gasteiger partial charge in [0.2, 0.25) is 11.8 Å². The molecule has 1 rings (SSSR count). The van der Waals surface area contributed by atoms with Crippen LogP contribution in [0, 0.1) is 0 Å². The summed E-state index contributed by atoms with van der Waals surface area (Å²) in [5.74, 6) is 1.24. The van der Waals surface area contributed by atoms with E-state index in [2.05, 4.69) is 9.97 Å². The Balaban J connectivity index is 2.80. The fraction of sp³-hybridized carbons (Fsp3) is 0.556. The summed E-state index contributed by atoms with van der Waals surface area (Å²) in [7, 11) is 1.59. The SMILES string of the molecule is CCN(CCN)c1nccc(OC)n1. The van der Waals surface area contributed by atoms with Crippen LogP contribution in [0.25, 0.3) is 0 Å². The van der Waals surface area contributed by atoms with Gasteiger partial charge in [-0.3, -0.25) is 0 Å². The quantitative estimate of drug-likeness (QED) is 0.732. The van der Waals surface area contributed by atoms with E-state index in [4.69, 9.17) is 10.5 Å². The Bertz CT molecular complexity index is 279. The highest BCUT2D eigenvalue weighted by atomic mass is 16.5. The zero-order chi connectivity index (χ0) is 10.4. The van der Waals surface area contributed by atoms with Crippen molar-refractivity contribution in [1.29, 1.82) is 0 Å². The molecular weight excluding hydrogens is 180 g/mol. The van der Waals surface area contributed by atoms with E-state index in [0.717, 1.165) is 13.1 Å². The van der Waals surface area contributed by atoms with Crippen LogP contribution in [0.4, 0.5) is 5.95 Å². The minimum absolute atomic E-state index is 0.575. The molecule has 0 aliphatic heterocycles. The zero-order valence-electron chi connectivity index (χ0n) is 8.60. The fourth-order valence-electron chi connectivity index (χ4n) is 1.15. The van der Waals surface area contributed by atoms with Crippen LogP contribution in [0.1, 0.15) is 6.92 Å². The molecule has 14 heavy (non-hydrogen) atoms. The van der Waals surface area contributed by atoms with Crippen LogP contribution in [-0.2, 0) is 0 Å². The van der Waals surface area contributed by atoms with E-state index in [1.165, 1.54) is 0 Å². The number of aromatic nitrogens is 2. The van der Waals surface area contributed by atoms with Gasteiger partial charge in [0.25, 0.3) is 0 Å². The van der Waals surface area contributed by atoms with Gasteiger partial charge in [-0.05, 0) is 6.92 Å². The smallest absolute Gasteiger partial charge is 0.228 e. The topological polar surface area (TPSA) is 64.3 Å². The number of nitrogens with zero attached hydrogens (tertiary/aromatic N) is 3. The zero-order valence-corrected chi connectivity index (χ0v) is 8.60. The van der Waals surface area contributed by atoms with Crippen LogP contribution in [0.2, 0.25) is 0 Å². The molecule has 0 atom stereocenters. The summed E-state index contributed by atoms with van der Waals surface area (Å²) in [6.45, 7) is 4.22. The standard InChI is InChI=1S/C9H16N4O/c1-3-13(7-5-10)9-11-6-4-8(12-9)14-2/h4,6H,3,5,7,10H2,1-2H3. The maximum absolute atomic E-state index is 5.48. The molecule has 5 nitrogen and oxygen atoms in total. The molecule has 0 radical (unpaired) electrons. The van der Waals surface area contributed by atoms with Gasteiger partial charge in [0.15, 0.2) is 0 Å². The average Bonchev–Trinajstić information content (AvgIpc) is 2.26. The third-order valence-electron chi connectivity index (χ3n) is 1.89. The third-order valence-corrected chi connectivity index (χ3v) is 1.89. The lowest BCUT2D eigenvalue weighted by Gasteiger charge is -2.19. The van der Waals surface area contributed by atoms with Gasteiger partial charge in [0, 0.05) is 31.9 Å². The highest BCUT2D eigenvalue weighted by Gasteiger charge is 2.06. The Morgan fingerprint density at radius 2 is 2.36 bits per heavy atom. The predicted octanol–water partition coefficient (Wildman–Crippen LogP) is 0.270. The Kier molecular flexibility index (Phi) is 4.12. The maximum atomic E-state index is 5.48. The predicted molar refractivity (Wildman–Crippen MR) is 55.5 cm³/mol. The second-order valence-electron chi connectivity index (χ2n) is 2.77. The van der Waals surface area contributed by atoms with E-state index in [9.17, 15) is 0 Å². The van der Waals surface area contributed by atoms with Crippen LogP contribution < -0.4 is 15.4 Å². The number of nitrogens with two attached hydrogens (primary N) is 1. The van der Waals surface area contributed by atoms with Crippen LogP contribution >= 0.6 is 0 Å². The van der Waals surface area contributed by atoms with E-state index in [-0.39, 0.29) is 0 Å². The molecule has 0 aliphatic rings. The summed E-state index contributed by atoms with van der Waals surface area (Å²) in [5.41, 5.74) is 5.48. The van der Waals surface area contributed by atoms with Crippen LogP contribution in [0.15, 0.2) is 12.3 Å². The van der Waals surface area contributed by atoms with Gasteiger partial charge in [0.1, 0.15) is 0 Å². The number of methoxy groups -OCH3 is 1. The first-order chi connectivity index (χ1) is 6.81. The number of hydrogen-bond acceptors (Lipinski definition) is 5. The largest absolute Gasteiger partial charge is 0.481 e. The van der Waals surface area contributed by atoms with E-state index in [0.29, 0.717) is 18.4 Å². The van der Waals surface area contributed by atoms with Gasteiger partial charge in [-0.25, -0.2) is 4.98 Å². The van der Waals surface area contributed by atoms with Crippen molar-refractivity contribution in [3.63, 3.8) is 0 Å². The lowest BCUT2D eigenvalue weighted by molar-refractivity contribution is 0.396. The molecule has 0 aromatic carbocycles. The second kappa shape index (κ2) is 5.39. The summed E-state index contributed by atoms with van der Waals surface area (Å²) >= 11 is 0. The van der Waals surface area contributed by atoms with E-state index >= 15 is 0 Å². The van der Waals surface area contributed by atoms with Gasteiger partial charge in [-0.1, -0.05) is 0 Å². The van der Waals surface area contributed by atoms with E-state index in [1.54, 1.807) is 19.4 Å². The molecule has 0 saturated carbocycles. The number of hydrogen-bond donors (Lipinski definition) is 1. The monoisotopic (exact) mass is 196 g/mol. The summed E-state index contributed by atoms with van der Waals surface area (Å²) in [6.07, 6.45) is 1.68. The third kappa shape index (κ3) is 2.56. The second-order valence-corrected chi connectivity index (χ2v) is 2.77. The Morgan fingerprint density at radius 1 is 1.57 bits per heavy atom. The van der Waals surface area contributed by atoms with Crippen LogP contribution in [0.5, 0.6) is 5.88 Å². The number of likely N-dealkylation sites (N-methyl/N-ethyl adjacent to an activating group) is 1. The van der Waals surface area contributed by atoms with Gasteiger partial charge in [-0.2, -0.15) is 4.98 Å². The van der Waals surface area contributed by atoms with Crippen molar-refractivity contribution in [2.75, 3.05) is 31.6 Å². The molecule has 0 spiro atoms. The maximum Gasteiger partial charge on any atom is 0.228 e. The minimum atomic E-state index is 0.575. The summed E-state index contributed by atoms with van der Waals surface area (Å²) in [6, 6.07) is 1.72. The minimum Gasteiger partial charge on any atom is -0.481 e. The van der Waals surface area contributed by atoms with Crippen molar-refractivity contribution in [1.82, 2.24) is 9.97 Å². The van der Waals surface area contributed by atoms with Crippen LogP contribution in [-0.4, -0.2) is 36.7 Å². The lowest BCUT2D eigenvalue weighted by atomic mass is 10.5. The first-order valence-corrected chi connectivity index (χ1v) is 4.63. The molecule has 1 heterocycles. The van der Waals surface area contributed by atoms with Crippen molar-refractivity contribution in [3.8, 4) is 5.88 Å². The van der Waals surface area contributed by atoms with Gasteiger partial charge >= 0.3 is 0 Å². The molecule has 0 unspecified atom stereocenters. The average molecular weight is 196 g/mol. The summed E-state index contributed by atoms with van der Waals surface area (Å²) in [5, 5.41) is 0. The molecule has 0 aliphatic carbocycles. The summed E-state index contributed by atoms with van der Waals surface area (Å²) < 4.78 is 5.02. The van der Waals surface area contributed by atoms with Crippen molar-refractivity contribution in [3.05, 3.63) is 12.3 Å². The van der Waals surface area contributed by atoms with Crippen molar-refractivity contribution in [2.45, 2.75) is 6.92 Å². The van der Waals surface area contributed by atoms with Gasteiger partial charge < -0.3 is 15.4 Å². The van der Waals surface area contributed by atoms with Gasteiger partial charge in [-0.15, -0.1) is 0 Å². The Morgan fingerprint density at radius 3 is 2.93 bits per heavy atom. The number of anilines is 1. The number of ether oxygens (including phenoxy) is 1. The Labute approximate surface area is 83.9 Å². The van der Waals surface area contributed by atoms with E-state index in [1.807, 2.05) is 11.8 Å². The lowest BCUT2D eigenvalue weighted by Crippen LogP contribution is -2.30. The molecule has 0 saturated heterocycles. The van der Waals surface area contributed by atoms with Gasteiger partial charge in [0.05, 0.1) is 7.11 Å². The molecule has 1 aromatic heterocycles. The first kappa shape index (κ1) is 10.7. The molecule has 5 heteroatoms. The van der Waals surface area contributed by atoms with E-state index < -0.39 is 0 Å².